The smallest absolute Gasteiger partial charge is 0.412 e. The second-order valence-corrected chi connectivity index (χ2v) is 11.2. The Balaban J connectivity index is 1.92. The van der Waals surface area contributed by atoms with Crippen LogP contribution in [-0.2, 0) is 9.47 Å². The zero-order valence-electron chi connectivity index (χ0n) is 19.0. The van der Waals surface area contributed by atoms with Crippen molar-refractivity contribution in [3.05, 3.63) is 58.3 Å². The molecule has 6 nitrogen and oxygen atoms in total. The minimum absolute atomic E-state index is 0.0439. The van der Waals surface area contributed by atoms with Crippen LogP contribution >= 0.6 is 27.7 Å². The number of aromatic nitrogens is 1. The first-order valence-corrected chi connectivity index (χ1v) is 12.1. The van der Waals surface area contributed by atoms with Crippen LogP contribution in [0.5, 0.6) is 0 Å². The molecule has 2 atom stereocenters. The summed E-state index contributed by atoms with van der Waals surface area (Å²) in [7, 11) is 0. The molecule has 1 aromatic heterocycles. The first kappa shape index (κ1) is 24.6. The van der Waals surface area contributed by atoms with Gasteiger partial charge in [-0.25, -0.2) is 4.79 Å². The highest BCUT2D eigenvalue weighted by Crippen LogP contribution is 2.44. The van der Waals surface area contributed by atoms with Gasteiger partial charge in [0.05, 0.1) is 18.2 Å². The maximum Gasteiger partial charge on any atom is 0.412 e. The molecule has 0 radical (unpaired) electrons. The van der Waals surface area contributed by atoms with E-state index in [0.717, 1.165) is 14.9 Å². The second-order valence-electron chi connectivity index (χ2n) is 9.12. The van der Waals surface area contributed by atoms with Crippen LogP contribution in [0, 0.1) is 11.3 Å². The molecule has 170 valence electrons. The number of rotatable bonds is 5. The zero-order valence-corrected chi connectivity index (χ0v) is 21.4. The molecule has 0 N–H and O–H groups in total. The summed E-state index contributed by atoms with van der Waals surface area (Å²) in [5.74, 6) is 0. The quantitative estimate of drug-likeness (QED) is 0.432. The monoisotopic (exact) mass is 517 g/mol. The Morgan fingerprint density at radius 3 is 2.78 bits per heavy atom. The molecule has 1 amide bonds. The van der Waals surface area contributed by atoms with Crippen molar-refractivity contribution < 1.29 is 14.3 Å². The third-order valence-corrected chi connectivity index (χ3v) is 7.07. The van der Waals surface area contributed by atoms with Crippen LogP contribution in [0.3, 0.4) is 0 Å². The minimum Gasteiger partial charge on any atom is -0.444 e. The number of thioether (sulfide) groups is 1. The molecule has 0 saturated carbocycles. The van der Waals surface area contributed by atoms with Crippen LogP contribution in [0.15, 0.2) is 52.1 Å². The van der Waals surface area contributed by atoms with Gasteiger partial charge in [0.1, 0.15) is 17.4 Å². The number of hydrogen-bond acceptors (Lipinski definition) is 6. The molecule has 1 saturated heterocycles. The third kappa shape index (κ3) is 5.83. The summed E-state index contributed by atoms with van der Waals surface area (Å²) in [6.45, 7) is 9.74. The largest absolute Gasteiger partial charge is 0.444 e. The number of ether oxygens (including phenoxy) is 2. The number of pyridine rings is 1. The van der Waals surface area contributed by atoms with E-state index in [-0.39, 0.29) is 17.4 Å². The highest BCUT2D eigenvalue weighted by Gasteiger charge is 2.46. The van der Waals surface area contributed by atoms with E-state index in [2.05, 4.69) is 27.0 Å². The van der Waals surface area contributed by atoms with Crippen molar-refractivity contribution in [2.24, 2.45) is 0 Å². The Bertz CT molecular complexity index is 1000. The van der Waals surface area contributed by atoms with Gasteiger partial charge in [-0.15, -0.1) is 11.8 Å². The molecule has 0 bridgehead atoms. The molecule has 0 spiro atoms. The van der Waals surface area contributed by atoms with Crippen LogP contribution in [0.1, 0.15) is 57.4 Å². The Morgan fingerprint density at radius 2 is 2.16 bits per heavy atom. The van der Waals surface area contributed by atoms with Gasteiger partial charge in [-0.05, 0) is 80.7 Å². The Kier molecular flexibility index (Phi) is 7.53. The summed E-state index contributed by atoms with van der Waals surface area (Å²) in [6.07, 6.45) is 3.80. The summed E-state index contributed by atoms with van der Waals surface area (Å²) >= 11 is 5.07. The number of halogens is 1. The topological polar surface area (TPSA) is 75.5 Å². The average molecular weight is 518 g/mol. The zero-order chi connectivity index (χ0) is 23.5. The summed E-state index contributed by atoms with van der Waals surface area (Å²) in [5.41, 5.74) is 0.245. The summed E-state index contributed by atoms with van der Waals surface area (Å²) in [6, 6.07) is 11.7. The fourth-order valence-electron chi connectivity index (χ4n) is 3.67. The minimum atomic E-state index is -0.773. The summed E-state index contributed by atoms with van der Waals surface area (Å²) < 4.78 is 12.4. The van der Waals surface area contributed by atoms with Gasteiger partial charge in [-0.1, -0.05) is 12.1 Å². The van der Waals surface area contributed by atoms with Crippen molar-refractivity contribution in [1.29, 1.82) is 5.26 Å². The molecule has 0 unspecified atom stereocenters. The van der Waals surface area contributed by atoms with Crippen molar-refractivity contribution in [2.75, 3.05) is 6.61 Å². The number of hydrogen-bond donors (Lipinski definition) is 0. The molecule has 3 rings (SSSR count). The number of carbonyl (C=O) groups is 1. The average Bonchev–Trinajstić information content (AvgIpc) is 3.01. The summed E-state index contributed by atoms with van der Waals surface area (Å²) in [4.78, 5) is 19.9. The maximum absolute atomic E-state index is 13.1. The van der Waals surface area contributed by atoms with Gasteiger partial charge in [0.2, 0.25) is 0 Å². The molecule has 32 heavy (non-hydrogen) atoms. The normalized spacial score (nSPS) is 18.8. The maximum atomic E-state index is 13.1. The van der Waals surface area contributed by atoms with E-state index < -0.39 is 11.3 Å². The van der Waals surface area contributed by atoms with Crippen LogP contribution in [-0.4, -0.2) is 40.0 Å². The third-order valence-electron chi connectivity index (χ3n) is 5.06. The fourth-order valence-corrected chi connectivity index (χ4v) is 5.58. The molecule has 8 heteroatoms. The van der Waals surface area contributed by atoms with Crippen LogP contribution in [0.25, 0.3) is 0 Å². The van der Waals surface area contributed by atoms with Crippen LogP contribution < -0.4 is 0 Å². The Labute approximate surface area is 202 Å². The molecular formula is C24H28BrN3O3S. The van der Waals surface area contributed by atoms with Gasteiger partial charge in [0, 0.05) is 27.0 Å². The molecule has 1 aliphatic heterocycles. The van der Waals surface area contributed by atoms with Crippen LogP contribution in [0.4, 0.5) is 4.79 Å². The number of nitrogens with zero attached hydrogens (tertiary/aromatic N) is 3. The van der Waals surface area contributed by atoms with Gasteiger partial charge in [-0.2, -0.15) is 5.26 Å². The SMILES string of the molecule is CC(C)(C)OC(=O)N1[C@@H](C[C@@H](Sc2cccc(Br)c2C#N)c2cccnc2)COC1(C)C. The number of nitriles is 1. The van der Waals surface area contributed by atoms with Gasteiger partial charge >= 0.3 is 6.09 Å². The van der Waals surface area contributed by atoms with Crippen molar-refractivity contribution in [1.82, 2.24) is 9.88 Å². The molecular weight excluding hydrogens is 490 g/mol. The molecule has 0 aliphatic carbocycles. The number of amides is 1. The molecule has 2 heterocycles. The van der Waals surface area contributed by atoms with Crippen molar-refractivity contribution in [3.63, 3.8) is 0 Å². The van der Waals surface area contributed by atoms with Crippen LogP contribution in [0.2, 0.25) is 0 Å². The van der Waals surface area contributed by atoms with Gasteiger partial charge in [-0.3, -0.25) is 9.88 Å². The Hall–Kier alpha value is -2.08. The lowest BCUT2D eigenvalue weighted by Crippen LogP contribution is -2.50. The van der Waals surface area contributed by atoms with Crippen molar-refractivity contribution in [2.45, 2.75) is 68.6 Å². The van der Waals surface area contributed by atoms with Crippen molar-refractivity contribution in [3.8, 4) is 6.07 Å². The van der Waals surface area contributed by atoms with Crippen molar-refractivity contribution >= 4 is 33.8 Å². The predicted octanol–water partition coefficient (Wildman–Crippen LogP) is 6.31. The number of carbonyl (C=O) groups excluding carboxylic acids is 1. The van der Waals surface area contributed by atoms with E-state index in [0.29, 0.717) is 18.6 Å². The highest BCUT2D eigenvalue weighted by atomic mass is 79.9. The first-order chi connectivity index (χ1) is 15.0. The summed E-state index contributed by atoms with van der Waals surface area (Å²) in [5, 5.41) is 9.62. The van der Waals surface area contributed by atoms with E-state index in [1.807, 2.05) is 71.1 Å². The van der Waals surface area contributed by atoms with Gasteiger partial charge < -0.3 is 9.47 Å². The van der Waals surface area contributed by atoms with Gasteiger partial charge in [0.25, 0.3) is 0 Å². The molecule has 2 aromatic rings. The molecule has 1 aromatic carbocycles. The van der Waals surface area contributed by atoms with E-state index >= 15 is 0 Å². The predicted molar refractivity (Wildman–Crippen MR) is 128 cm³/mol. The number of benzene rings is 1. The highest BCUT2D eigenvalue weighted by molar-refractivity contribution is 9.10. The standard InChI is InChI=1S/C24H28BrN3O3S/c1-23(2,3)31-22(29)28-17(15-30-24(28,4)5)12-21(16-8-7-11-27-14-16)32-20-10-6-9-19(25)18(20)13-26/h6-11,14,17,21H,12,15H2,1-5H3/t17-,21+/m0/s1. The van der Waals surface area contributed by atoms with Gasteiger partial charge in [0.15, 0.2) is 0 Å². The first-order valence-electron chi connectivity index (χ1n) is 10.4. The molecule has 1 aliphatic rings. The lowest BCUT2D eigenvalue weighted by molar-refractivity contribution is -0.0626. The molecule has 1 fully saturated rings. The van der Waals surface area contributed by atoms with E-state index in [1.54, 1.807) is 22.9 Å². The van der Waals surface area contributed by atoms with E-state index in [9.17, 15) is 10.1 Å². The fraction of sp³-hybridized carbons (Fsp3) is 0.458. The van der Waals surface area contributed by atoms with E-state index in [4.69, 9.17) is 9.47 Å². The Morgan fingerprint density at radius 1 is 1.41 bits per heavy atom. The lowest BCUT2D eigenvalue weighted by atomic mass is 10.1. The lowest BCUT2D eigenvalue weighted by Gasteiger charge is -2.36. The van der Waals surface area contributed by atoms with E-state index in [1.165, 1.54) is 0 Å². The second kappa shape index (κ2) is 9.82.